The molecule has 0 radical (unpaired) electrons. The number of hydrogen-bond donors (Lipinski definition) is 1. The van der Waals surface area contributed by atoms with E-state index in [9.17, 15) is 13.6 Å². The monoisotopic (exact) mass is 379 g/mol. The number of cyclic esters (lactones) is 1. The van der Waals surface area contributed by atoms with E-state index in [0.29, 0.717) is 12.1 Å². The summed E-state index contributed by atoms with van der Waals surface area (Å²) in [5, 5.41) is 2.53. The Bertz CT molecular complexity index is 999. The first-order chi connectivity index (χ1) is 13.6. The van der Waals surface area contributed by atoms with Crippen LogP contribution in [0.5, 0.6) is 0 Å². The highest BCUT2D eigenvalue weighted by Gasteiger charge is 2.23. The van der Waals surface area contributed by atoms with Gasteiger partial charge < -0.3 is 10.1 Å². The van der Waals surface area contributed by atoms with Crippen LogP contribution in [0.4, 0.5) is 13.6 Å². The Morgan fingerprint density at radius 2 is 1.71 bits per heavy atom. The molecular weight excluding hydrogens is 364 g/mol. The molecule has 5 nitrogen and oxygen atoms in total. The number of nitrogens with one attached hydrogen (secondary N) is 1. The zero-order valence-corrected chi connectivity index (χ0v) is 14.6. The fourth-order valence-corrected chi connectivity index (χ4v) is 2.31. The van der Waals surface area contributed by atoms with E-state index in [2.05, 4.69) is 27.1 Å². The first kappa shape index (κ1) is 19.0. The lowest BCUT2D eigenvalue weighted by molar-refractivity contribution is 0.141. The van der Waals surface area contributed by atoms with Gasteiger partial charge in [-0.05, 0) is 35.9 Å². The van der Waals surface area contributed by atoms with Crippen molar-refractivity contribution in [2.24, 2.45) is 0 Å². The Morgan fingerprint density at radius 3 is 2.36 bits per heavy atom. The number of alkyl carbamates (subject to hydrolysis) is 1. The second-order valence-corrected chi connectivity index (χ2v) is 5.71. The lowest BCUT2D eigenvalue weighted by atomic mass is 10.1. The van der Waals surface area contributed by atoms with Gasteiger partial charge in [-0.25, -0.2) is 13.6 Å². The van der Waals surface area contributed by atoms with Gasteiger partial charge in [0.2, 0.25) is 0 Å². The number of halogens is 2. The largest absolute Gasteiger partial charge is 0.439 e. The number of ether oxygens (including phenoxy) is 1. The molecule has 4 rings (SSSR count). The molecule has 1 saturated heterocycles. The van der Waals surface area contributed by atoms with Gasteiger partial charge in [-0.2, -0.15) is 0 Å². The number of aromatic nitrogens is 2. The van der Waals surface area contributed by atoms with Crippen LogP contribution in [-0.2, 0) is 4.74 Å². The van der Waals surface area contributed by atoms with Crippen molar-refractivity contribution in [1.82, 2.24) is 15.3 Å². The van der Waals surface area contributed by atoms with Crippen molar-refractivity contribution < 1.29 is 18.3 Å². The van der Waals surface area contributed by atoms with Gasteiger partial charge in [0.25, 0.3) is 0 Å². The molecule has 0 bridgehead atoms. The van der Waals surface area contributed by atoms with Crippen LogP contribution in [0.3, 0.4) is 0 Å². The lowest BCUT2D eigenvalue weighted by Gasteiger charge is -2.06. The number of amides is 1. The summed E-state index contributed by atoms with van der Waals surface area (Å²) in [6.07, 6.45) is 5.29. The molecule has 7 heteroatoms. The normalized spacial score (nSPS) is 14.6. The second-order valence-electron chi connectivity index (χ2n) is 5.71. The number of carbonyl (C=O) groups excluding carboxylic acids is 1. The zero-order valence-electron chi connectivity index (χ0n) is 14.6. The topological polar surface area (TPSA) is 64.1 Å². The molecule has 0 unspecified atom stereocenters. The molecular formula is C21H15F2N3O2. The van der Waals surface area contributed by atoms with Crippen molar-refractivity contribution in [3.63, 3.8) is 0 Å². The Hall–Kier alpha value is -3.79. The fraction of sp³-hybridized carbons (Fsp3) is 0.0952. The second kappa shape index (κ2) is 9.24. The minimum Gasteiger partial charge on any atom is -0.439 e. The standard InChI is InChI=1S/C12H7FN2.C9H8FNO2/c13-12-6-11(8-15-9-12)4-3-10-2-1-5-14-7-10;10-7-3-1-6(2-4-7)8-5-11-9(12)13-8/h1-2,5-9H;1-4,8H,5H2,(H,11,12)/t;8-/m.1/s1. The van der Waals surface area contributed by atoms with Gasteiger partial charge in [-0.3, -0.25) is 9.97 Å². The minimum atomic E-state index is -0.422. The molecule has 3 heterocycles. The summed E-state index contributed by atoms with van der Waals surface area (Å²) in [5.74, 6) is 5.01. The quantitative estimate of drug-likeness (QED) is 0.656. The van der Waals surface area contributed by atoms with Crippen LogP contribution in [0.15, 0.2) is 67.3 Å². The van der Waals surface area contributed by atoms with E-state index in [0.717, 1.165) is 17.3 Å². The predicted octanol–water partition coefficient (Wildman–Crippen LogP) is 3.62. The van der Waals surface area contributed by atoms with E-state index in [1.54, 1.807) is 30.6 Å². The summed E-state index contributed by atoms with van der Waals surface area (Å²) in [4.78, 5) is 18.3. The number of rotatable bonds is 1. The van der Waals surface area contributed by atoms with Gasteiger partial charge in [-0.15, -0.1) is 0 Å². The van der Waals surface area contributed by atoms with Gasteiger partial charge in [-0.1, -0.05) is 24.0 Å². The van der Waals surface area contributed by atoms with E-state index >= 15 is 0 Å². The van der Waals surface area contributed by atoms with Crippen LogP contribution in [0.2, 0.25) is 0 Å². The average Bonchev–Trinajstić information content (AvgIpc) is 3.15. The molecule has 1 aliphatic rings. The van der Waals surface area contributed by atoms with E-state index in [1.165, 1.54) is 24.4 Å². The minimum absolute atomic E-state index is 0.284. The van der Waals surface area contributed by atoms with Gasteiger partial charge in [0, 0.05) is 29.7 Å². The SMILES string of the molecule is Fc1cncc(C#Cc2cccnc2)c1.O=C1NC[C@H](c2ccc(F)cc2)O1. The van der Waals surface area contributed by atoms with Gasteiger partial charge >= 0.3 is 6.09 Å². The molecule has 2 aromatic heterocycles. The summed E-state index contributed by atoms with van der Waals surface area (Å²) in [6, 6.07) is 10.9. The van der Waals surface area contributed by atoms with Gasteiger partial charge in [0.15, 0.2) is 0 Å². The van der Waals surface area contributed by atoms with Crippen LogP contribution in [0, 0.1) is 23.5 Å². The molecule has 140 valence electrons. The molecule has 1 atom stereocenters. The smallest absolute Gasteiger partial charge is 0.407 e. The van der Waals surface area contributed by atoms with Crippen LogP contribution in [0.1, 0.15) is 22.8 Å². The molecule has 0 saturated carbocycles. The Labute approximate surface area is 160 Å². The highest BCUT2D eigenvalue weighted by atomic mass is 19.1. The Morgan fingerprint density at radius 1 is 0.964 bits per heavy atom. The first-order valence-corrected chi connectivity index (χ1v) is 8.33. The van der Waals surface area contributed by atoms with Crippen LogP contribution >= 0.6 is 0 Å². The van der Waals surface area contributed by atoms with Crippen LogP contribution < -0.4 is 5.32 Å². The molecule has 28 heavy (non-hydrogen) atoms. The molecule has 1 aliphatic heterocycles. The van der Waals surface area contributed by atoms with Crippen molar-refractivity contribution in [1.29, 1.82) is 0 Å². The third-order valence-electron chi connectivity index (χ3n) is 3.64. The highest BCUT2D eigenvalue weighted by molar-refractivity contribution is 5.69. The maximum Gasteiger partial charge on any atom is 0.407 e. The maximum atomic E-state index is 12.8. The number of benzene rings is 1. The van der Waals surface area contributed by atoms with Crippen molar-refractivity contribution >= 4 is 6.09 Å². The van der Waals surface area contributed by atoms with E-state index in [1.807, 2.05) is 6.07 Å². The van der Waals surface area contributed by atoms with Crippen molar-refractivity contribution in [3.05, 3.63) is 95.6 Å². The molecule has 1 N–H and O–H groups in total. The number of hydrogen-bond acceptors (Lipinski definition) is 4. The van der Waals surface area contributed by atoms with Crippen molar-refractivity contribution in [2.75, 3.05) is 6.54 Å². The van der Waals surface area contributed by atoms with E-state index in [-0.39, 0.29) is 17.7 Å². The van der Waals surface area contributed by atoms with Gasteiger partial charge in [0.05, 0.1) is 12.7 Å². The fourth-order valence-electron chi connectivity index (χ4n) is 2.31. The number of carbonyl (C=O) groups is 1. The van der Waals surface area contributed by atoms with Crippen LogP contribution in [0.25, 0.3) is 0 Å². The maximum absolute atomic E-state index is 12.8. The first-order valence-electron chi connectivity index (χ1n) is 8.33. The number of pyridine rings is 2. The average molecular weight is 379 g/mol. The summed E-state index contributed by atoms with van der Waals surface area (Å²) < 4.78 is 30.2. The van der Waals surface area contributed by atoms with E-state index in [4.69, 9.17) is 4.74 Å². The third-order valence-corrected chi connectivity index (χ3v) is 3.64. The number of nitrogens with zero attached hydrogens (tertiary/aromatic N) is 2. The molecule has 0 spiro atoms. The summed E-state index contributed by atoms with van der Waals surface area (Å²) in [6.45, 7) is 0.449. The third kappa shape index (κ3) is 5.61. The molecule has 1 amide bonds. The Balaban J connectivity index is 0.000000162. The predicted molar refractivity (Wildman–Crippen MR) is 98.0 cm³/mol. The lowest BCUT2D eigenvalue weighted by Crippen LogP contribution is -2.12. The van der Waals surface area contributed by atoms with E-state index < -0.39 is 6.09 Å². The summed E-state index contributed by atoms with van der Waals surface area (Å²) in [7, 11) is 0. The molecule has 3 aromatic rings. The molecule has 1 aromatic carbocycles. The molecule has 1 fully saturated rings. The van der Waals surface area contributed by atoms with Crippen LogP contribution in [-0.4, -0.2) is 22.6 Å². The summed E-state index contributed by atoms with van der Waals surface area (Å²) in [5.41, 5.74) is 2.15. The van der Waals surface area contributed by atoms with Crippen molar-refractivity contribution in [3.8, 4) is 11.8 Å². The van der Waals surface area contributed by atoms with Crippen molar-refractivity contribution in [2.45, 2.75) is 6.10 Å². The Kier molecular flexibility index (Phi) is 6.26. The summed E-state index contributed by atoms with van der Waals surface area (Å²) >= 11 is 0. The highest BCUT2D eigenvalue weighted by Crippen LogP contribution is 2.20. The van der Waals surface area contributed by atoms with Gasteiger partial charge in [0.1, 0.15) is 17.7 Å². The zero-order chi connectivity index (χ0) is 19.8. The molecule has 0 aliphatic carbocycles.